The zero-order chi connectivity index (χ0) is 15.1. The molecule has 0 aliphatic rings. The number of aryl methyl sites for hydroxylation is 1. The lowest BCUT2D eigenvalue weighted by Gasteiger charge is -2.13. The minimum Gasteiger partial charge on any atom is -0.486 e. The van der Waals surface area contributed by atoms with Crippen molar-refractivity contribution in [3.05, 3.63) is 44.9 Å². The first-order valence-electron chi connectivity index (χ1n) is 6.71. The maximum Gasteiger partial charge on any atom is 0.140 e. The van der Waals surface area contributed by atoms with Gasteiger partial charge < -0.3 is 14.8 Å². The van der Waals surface area contributed by atoms with Crippen LogP contribution >= 0.6 is 22.9 Å². The van der Waals surface area contributed by atoms with Crippen molar-refractivity contribution in [1.29, 1.82) is 0 Å². The summed E-state index contributed by atoms with van der Waals surface area (Å²) in [5.41, 5.74) is 1.98. The second-order valence-corrected chi connectivity index (χ2v) is 5.91. The highest BCUT2D eigenvalue weighted by atomic mass is 35.5. The van der Waals surface area contributed by atoms with Crippen LogP contribution in [0.2, 0.25) is 5.02 Å². The van der Waals surface area contributed by atoms with Crippen LogP contribution in [-0.2, 0) is 17.9 Å². The predicted octanol–water partition coefficient (Wildman–Crippen LogP) is 3.42. The molecule has 6 heteroatoms. The van der Waals surface area contributed by atoms with Crippen molar-refractivity contribution in [3.63, 3.8) is 0 Å². The number of nitrogens with zero attached hydrogens (tertiary/aromatic N) is 1. The van der Waals surface area contributed by atoms with Crippen LogP contribution in [0.5, 0.6) is 5.75 Å². The van der Waals surface area contributed by atoms with Crippen LogP contribution in [0.25, 0.3) is 0 Å². The van der Waals surface area contributed by atoms with E-state index in [9.17, 15) is 0 Å². The van der Waals surface area contributed by atoms with Gasteiger partial charge in [0, 0.05) is 41.9 Å². The average Bonchev–Trinajstić information content (AvgIpc) is 2.89. The summed E-state index contributed by atoms with van der Waals surface area (Å²) in [4.78, 5) is 4.39. The number of benzene rings is 1. The van der Waals surface area contributed by atoms with E-state index in [1.54, 1.807) is 18.4 Å². The van der Waals surface area contributed by atoms with Gasteiger partial charge in [-0.2, -0.15) is 0 Å². The van der Waals surface area contributed by atoms with Gasteiger partial charge in [0.25, 0.3) is 0 Å². The first-order chi connectivity index (χ1) is 10.2. The van der Waals surface area contributed by atoms with Crippen LogP contribution in [0.15, 0.2) is 23.6 Å². The van der Waals surface area contributed by atoms with E-state index in [4.69, 9.17) is 21.1 Å². The van der Waals surface area contributed by atoms with E-state index < -0.39 is 0 Å². The van der Waals surface area contributed by atoms with Gasteiger partial charge in [0.05, 0.1) is 6.61 Å². The molecule has 0 amide bonds. The molecule has 0 saturated heterocycles. The molecular formula is C15H19ClN2O2S. The summed E-state index contributed by atoms with van der Waals surface area (Å²) in [6.07, 6.45) is 0. The molecule has 0 bridgehead atoms. The molecule has 0 radical (unpaired) electrons. The molecular weight excluding hydrogens is 308 g/mol. The molecule has 0 unspecified atom stereocenters. The van der Waals surface area contributed by atoms with Crippen LogP contribution in [-0.4, -0.2) is 25.2 Å². The van der Waals surface area contributed by atoms with Gasteiger partial charge in [-0.25, -0.2) is 4.98 Å². The summed E-state index contributed by atoms with van der Waals surface area (Å²) in [6, 6.07) is 5.69. The molecule has 1 aromatic heterocycles. The summed E-state index contributed by atoms with van der Waals surface area (Å²) in [5, 5.41) is 6.97. The third kappa shape index (κ3) is 4.97. The lowest BCUT2D eigenvalue weighted by Crippen LogP contribution is -2.19. The van der Waals surface area contributed by atoms with Crippen molar-refractivity contribution < 1.29 is 9.47 Å². The fraction of sp³-hybridized carbons (Fsp3) is 0.400. The number of methoxy groups -OCH3 is 1. The molecule has 1 heterocycles. The van der Waals surface area contributed by atoms with Gasteiger partial charge in [0.2, 0.25) is 0 Å². The molecule has 1 N–H and O–H groups in total. The molecule has 0 saturated carbocycles. The van der Waals surface area contributed by atoms with Crippen LogP contribution in [0.1, 0.15) is 16.3 Å². The first kappa shape index (κ1) is 16.2. The van der Waals surface area contributed by atoms with Gasteiger partial charge in [-0.15, -0.1) is 11.3 Å². The number of halogens is 1. The molecule has 0 atom stereocenters. The third-order valence-electron chi connectivity index (χ3n) is 2.88. The van der Waals surface area contributed by atoms with Crippen LogP contribution < -0.4 is 10.1 Å². The highest BCUT2D eigenvalue weighted by Gasteiger charge is 2.09. The summed E-state index contributed by atoms with van der Waals surface area (Å²) < 4.78 is 10.9. The maximum absolute atomic E-state index is 6.26. The van der Waals surface area contributed by atoms with Crippen molar-refractivity contribution in [2.45, 2.75) is 20.1 Å². The molecule has 114 valence electrons. The van der Waals surface area contributed by atoms with Gasteiger partial charge in [-0.05, 0) is 19.1 Å². The number of rotatable bonds is 8. The Kier molecular flexibility index (Phi) is 6.45. The molecule has 0 aliphatic heterocycles. The summed E-state index contributed by atoms with van der Waals surface area (Å²) in [5.74, 6) is 0.792. The standard InChI is InChI=1S/C15H19ClN2O2S/c1-11-10-21-15(18-11)9-20-14-5-3-4-13(16)12(14)8-17-6-7-19-2/h3-5,10,17H,6-9H2,1-2H3. The normalized spacial score (nSPS) is 10.8. The number of nitrogens with one attached hydrogen (secondary N) is 1. The van der Waals surface area contributed by atoms with Crippen LogP contribution in [0.3, 0.4) is 0 Å². The minimum atomic E-state index is 0.462. The maximum atomic E-state index is 6.26. The first-order valence-corrected chi connectivity index (χ1v) is 7.97. The van der Waals surface area contributed by atoms with E-state index in [0.717, 1.165) is 28.6 Å². The Bertz CT molecular complexity index is 575. The molecule has 21 heavy (non-hydrogen) atoms. The zero-order valence-electron chi connectivity index (χ0n) is 12.2. The fourth-order valence-electron chi connectivity index (χ4n) is 1.84. The van der Waals surface area contributed by atoms with Crippen LogP contribution in [0.4, 0.5) is 0 Å². The number of hydrogen-bond acceptors (Lipinski definition) is 5. The van der Waals surface area contributed by atoms with E-state index in [2.05, 4.69) is 10.3 Å². The molecule has 0 spiro atoms. The van der Waals surface area contributed by atoms with Gasteiger partial charge in [-0.1, -0.05) is 17.7 Å². The van der Waals surface area contributed by atoms with E-state index in [0.29, 0.717) is 24.8 Å². The highest BCUT2D eigenvalue weighted by molar-refractivity contribution is 7.09. The average molecular weight is 327 g/mol. The predicted molar refractivity (Wildman–Crippen MR) is 86.2 cm³/mol. The Labute approximate surface area is 134 Å². The van der Waals surface area contributed by atoms with Gasteiger partial charge in [0.1, 0.15) is 17.4 Å². The molecule has 1 aromatic carbocycles. The molecule has 0 aliphatic carbocycles. The number of hydrogen-bond donors (Lipinski definition) is 1. The Morgan fingerprint density at radius 2 is 2.24 bits per heavy atom. The number of thiazole rings is 1. The van der Waals surface area contributed by atoms with E-state index in [-0.39, 0.29) is 0 Å². The summed E-state index contributed by atoms with van der Waals surface area (Å²) >= 11 is 7.87. The Balaban J connectivity index is 1.99. The Morgan fingerprint density at radius 3 is 2.95 bits per heavy atom. The topological polar surface area (TPSA) is 43.4 Å². The van der Waals surface area contributed by atoms with Crippen molar-refractivity contribution in [3.8, 4) is 5.75 Å². The summed E-state index contributed by atoms with van der Waals surface area (Å²) in [6.45, 7) is 4.52. The lowest BCUT2D eigenvalue weighted by atomic mass is 10.2. The quantitative estimate of drug-likeness (QED) is 0.755. The third-order valence-corrected chi connectivity index (χ3v) is 4.17. The second-order valence-electron chi connectivity index (χ2n) is 4.56. The van der Waals surface area contributed by atoms with E-state index >= 15 is 0 Å². The van der Waals surface area contributed by atoms with Crippen molar-refractivity contribution in [2.24, 2.45) is 0 Å². The second kappa shape index (κ2) is 8.34. The SMILES string of the molecule is COCCNCc1c(Cl)cccc1OCc1nc(C)cs1. The largest absolute Gasteiger partial charge is 0.486 e. The smallest absolute Gasteiger partial charge is 0.140 e. The number of aromatic nitrogens is 1. The molecule has 2 rings (SSSR count). The molecule has 0 fully saturated rings. The van der Waals surface area contributed by atoms with Crippen molar-refractivity contribution in [1.82, 2.24) is 10.3 Å². The van der Waals surface area contributed by atoms with Gasteiger partial charge >= 0.3 is 0 Å². The number of ether oxygens (including phenoxy) is 2. The van der Waals surface area contributed by atoms with Crippen molar-refractivity contribution in [2.75, 3.05) is 20.3 Å². The van der Waals surface area contributed by atoms with E-state index in [1.807, 2.05) is 30.5 Å². The fourth-order valence-corrected chi connectivity index (χ4v) is 2.76. The zero-order valence-corrected chi connectivity index (χ0v) is 13.8. The van der Waals surface area contributed by atoms with E-state index in [1.165, 1.54) is 0 Å². The van der Waals surface area contributed by atoms with Crippen LogP contribution in [0, 0.1) is 6.92 Å². The van der Waals surface area contributed by atoms with Gasteiger partial charge in [0.15, 0.2) is 0 Å². The Morgan fingerprint density at radius 1 is 1.38 bits per heavy atom. The highest BCUT2D eigenvalue weighted by Crippen LogP contribution is 2.27. The van der Waals surface area contributed by atoms with Gasteiger partial charge in [-0.3, -0.25) is 0 Å². The molecule has 2 aromatic rings. The monoisotopic (exact) mass is 326 g/mol. The lowest BCUT2D eigenvalue weighted by molar-refractivity contribution is 0.199. The summed E-state index contributed by atoms with van der Waals surface area (Å²) in [7, 11) is 1.68. The minimum absolute atomic E-state index is 0.462. The van der Waals surface area contributed by atoms with Crippen molar-refractivity contribution >= 4 is 22.9 Å². The molecule has 4 nitrogen and oxygen atoms in total. The Hall–Kier alpha value is -1.14.